The molecule has 1 aliphatic rings. The zero-order valence-corrected chi connectivity index (χ0v) is 12.5. The molecule has 1 aromatic rings. The summed E-state index contributed by atoms with van der Waals surface area (Å²) in [5, 5.41) is 3.39. The quantitative estimate of drug-likeness (QED) is 0.812. The summed E-state index contributed by atoms with van der Waals surface area (Å²) < 4.78 is 16.3. The Balaban J connectivity index is 1.72. The van der Waals surface area contributed by atoms with Gasteiger partial charge in [0.05, 0.1) is 13.2 Å². The number of hydrogen-bond acceptors (Lipinski definition) is 4. The van der Waals surface area contributed by atoms with Crippen LogP contribution in [0.3, 0.4) is 0 Å². The minimum atomic E-state index is 0.0975. The maximum atomic E-state index is 5.67. The summed E-state index contributed by atoms with van der Waals surface area (Å²) >= 11 is 0. The number of benzene rings is 1. The summed E-state index contributed by atoms with van der Waals surface area (Å²) in [6, 6.07) is 5.86. The molecule has 2 rings (SSSR count). The second-order valence-electron chi connectivity index (χ2n) is 6.03. The van der Waals surface area contributed by atoms with Crippen molar-refractivity contribution in [2.24, 2.45) is 0 Å². The van der Waals surface area contributed by atoms with Crippen LogP contribution in [-0.2, 0) is 11.3 Å². The first kappa shape index (κ1) is 14.9. The smallest absolute Gasteiger partial charge is 0.231 e. The van der Waals surface area contributed by atoms with Gasteiger partial charge in [-0.3, -0.25) is 0 Å². The number of ether oxygens (including phenoxy) is 3. The average Bonchev–Trinajstić information content (AvgIpc) is 2.83. The highest BCUT2D eigenvalue weighted by molar-refractivity contribution is 5.44. The van der Waals surface area contributed by atoms with E-state index in [1.54, 1.807) is 0 Å². The van der Waals surface area contributed by atoms with E-state index in [4.69, 9.17) is 14.2 Å². The van der Waals surface area contributed by atoms with Gasteiger partial charge < -0.3 is 19.5 Å². The Morgan fingerprint density at radius 1 is 1.30 bits per heavy atom. The summed E-state index contributed by atoms with van der Waals surface area (Å²) in [6.45, 7) is 12.6. The Morgan fingerprint density at radius 3 is 2.80 bits per heavy atom. The molecule has 0 radical (unpaired) electrons. The van der Waals surface area contributed by atoms with Crippen LogP contribution >= 0.6 is 0 Å². The first-order valence-electron chi connectivity index (χ1n) is 6.82. The van der Waals surface area contributed by atoms with Gasteiger partial charge in [-0.2, -0.15) is 0 Å². The van der Waals surface area contributed by atoms with Crippen LogP contribution < -0.4 is 14.8 Å². The first-order valence-corrected chi connectivity index (χ1v) is 6.82. The van der Waals surface area contributed by atoms with E-state index in [0.717, 1.165) is 29.2 Å². The number of hydrogen-bond donors (Lipinski definition) is 1. The molecular weight excluding hydrogens is 254 g/mol. The summed E-state index contributed by atoms with van der Waals surface area (Å²) in [5.41, 5.74) is 2.21. The molecule has 0 spiro atoms. The number of nitrogens with one attached hydrogen (secondary N) is 1. The van der Waals surface area contributed by atoms with Crippen molar-refractivity contribution in [2.45, 2.75) is 32.9 Å². The van der Waals surface area contributed by atoms with Crippen LogP contribution in [0.25, 0.3) is 0 Å². The molecule has 0 fully saturated rings. The van der Waals surface area contributed by atoms with Gasteiger partial charge in [-0.1, -0.05) is 12.6 Å². The lowest BCUT2D eigenvalue weighted by Crippen LogP contribution is -2.37. The van der Waals surface area contributed by atoms with E-state index in [1.807, 2.05) is 18.2 Å². The molecule has 4 nitrogen and oxygen atoms in total. The molecule has 0 amide bonds. The van der Waals surface area contributed by atoms with Crippen molar-refractivity contribution in [3.8, 4) is 11.5 Å². The predicted molar refractivity (Wildman–Crippen MR) is 79.1 cm³/mol. The van der Waals surface area contributed by atoms with Gasteiger partial charge in [0.1, 0.15) is 0 Å². The maximum absolute atomic E-state index is 5.67. The summed E-state index contributed by atoms with van der Waals surface area (Å²) in [4.78, 5) is 0. The van der Waals surface area contributed by atoms with Crippen molar-refractivity contribution in [3.05, 3.63) is 35.9 Å². The van der Waals surface area contributed by atoms with Gasteiger partial charge in [0, 0.05) is 12.1 Å². The highest BCUT2D eigenvalue weighted by Crippen LogP contribution is 2.32. The van der Waals surface area contributed by atoms with Crippen LogP contribution in [0.2, 0.25) is 0 Å². The Hall–Kier alpha value is -1.52. The van der Waals surface area contributed by atoms with E-state index in [1.165, 1.54) is 0 Å². The van der Waals surface area contributed by atoms with Crippen LogP contribution in [0.1, 0.15) is 26.3 Å². The van der Waals surface area contributed by atoms with Crippen molar-refractivity contribution in [2.75, 3.05) is 19.9 Å². The van der Waals surface area contributed by atoms with Gasteiger partial charge in [-0.05, 0) is 44.0 Å². The largest absolute Gasteiger partial charge is 0.454 e. The van der Waals surface area contributed by atoms with E-state index in [0.29, 0.717) is 20.0 Å². The van der Waals surface area contributed by atoms with Gasteiger partial charge in [0.2, 0.25) is 6.79 Å². The fourth-order valence-corrected chi connectivity index (χ4v) is 1.79. The van der Waals surface area contributed by atoms with E-state index in [2.05, 4.69) is 32.7 Å². The fourth-order valence-electron chi connectivity index (χ4n) is 1.79. The van der Waals surface area contributed by atoms with Crippen molar-refractivity contribution in [3.63, 3.8) is 0 Å². The molecule has 0 aliphatic carbocycles. The second-order valence-corrected chi connectivity index (χ2v) is 6.03. The monoisotopic (exact) mass is 277 g/mol. The Morgan fingerprint density at radius 2 is 2.05 bits per heavy atom. The molecular formula is C16H23NO3. The van der Waals surface area contributed by atoms with Gasteiger partial charge in [0.15, 0.2) is 11.5 Å². The summed E-state index contributed by atoms with van der Waals surface area (Å²) in [7, 11) is 0. The van der Waals surface area contributed by atoms with Crippen LogP contribution in [-0.4, -0.2) is 25.5 Å². The third-order valence-electron chi connectivity index (χ3n) is 2.88. The van der Waals surface area contributed by atoms with Crippen LogP contribution in [0, 0.1) is 0 Å². The lowest BCUT2D eigenvalue weighted by molar-refractivity contribution is 0.140. The van der Waals surface area contributed by atoms with Gasteiger partial charge in [-0.25, -0.2) is 0 Å². The zero-order chi connectivity index (χ0) is 14.6. The number of rotatable bonds is 6. The minimum Gasteiger partial charge on any atom is -0.454 e. The maximum Gasteiger partial charge on any atom is 0.231 e. The highest BCUT2D eigenvalue weighted by atomic mass is 16.7. The fraction of sp³-hybridized carbons (Fsp3) is 0.500. The lowest BCUT2D eigenvalue weighted by atomic mass is 10.1. The van der Waals surface area contributed by atoms with E-state index in [-0.39, 0.29) is 5.54 Å². The normalized spacial score (nSPS) is 13.6. The van der Waals surface area contributed by atoms with Crippen LogP contribution in [0.15, 0.2) is 30.4 Å². The zero-order valence-electron chi connectivity index (χ0n) is 12.5. The molecule has 1 heterocycles. The molecule has 0 saturated carbocycles. The van der Waals surface area contributed by atoms with Crippen LogP contribution in [0.4, 0.5) is 0 Å². The topological polar surface area (TPSA) is 39.7 Å². The molecule has 4 heteroatoms. The molecule has 0 unspecified atom stereocenters. The molecule has 0 bridgehead atoms. The van der Waals surface area contributed by atoms with E-state index < -0.39 is 0 Å². The third kappa shape index (κ3) is 4.54. The number of fused-ring (bicyclic) bond motifs is 1. The Kier molecular flexibility index (Phi) is 4.68. The molecule has 0 saturated heterocycles. The first-order chi connectivity index (χ1) is 9.44. The second kappa shape index (κ2) is 6.29. The molecule has 1 aromatic carbocycles. The standard InChI is InChI=1S/C16H23NO3/c1-12(8-17-16(2,3)4)9-18-10-13-5-6-14-15(7-13)20-11-19-14/h5-7,17H,1,8-11H2,2-4H3. The molecule has 1 N–H and O–H groups in total. The lowest BCUT2D eigenvalue weighted by Gasteiger charge is -2.21. The highest BCUT2D eigenvalue weighted by Gasteiger charge is 2.13. The van der Waals surface area contributed by atoms with Crippen LogP contribution in [0.5, 0.6) is 11.5 Å². The summed E-state index contributed by atoms with van der Waals surface area (Å²) in [6.07, 6.45) is 0. The Bertz CT molecular complexity index is 477. The Labute approximate surface area is 120 Å². The van der Waals surface area contributed by atoms with Gasteiger partial charge in [-0.15, -0.1) is 0 Å². The SMILES string of the molecule is C=C(CNC(C)(C)C)COCc1ccc2c(c1)OCO2. The summed E-state index contributed by atoms with van der Waals surface area (Å²) in [5.74, 6) is 1.59. The van der Waals surface area contributed by atoms with Crippen molar-refractivity contribution in [1.82, 2.24) is 5.32 Å². The van der Waals surface area contributed by atoms with E-state index >= 15 is 0 Å². The molecule has 110 valence electrons. The predicted octanol–water partition coefficient (Wildman–Crippen LogP) is 2.88. The third-order valence-corrected chi connectivity index (χ3v) is 2.88. The van der Waals surface area contributed by atoms with Crippen molar-refractivity contribution >= 4 is 0 Å². The minimum absolute atomic E-state index is 0.0975. The van der Waals surface area contributed by atoms with Gasteiger partial charge >= 0.3 is 0 Å². The van der Waals surface area contributed by atoms with Gasteiger partial charge in [0.25, 0.3) is 0 Å². The molecule has 1 aliphatic heterocycles. The molecule has 0 atom stereocenters. The van der Waals surface area contributed by atoms with E-state index in [9.17, 15) is 0 Å². The molecule has 0 aromatic heterocycles. The molecule has 20 heavy (non-hydrogen) atoms. The van der Waals surface area contributed by atoms with Crippen molar-refractivity contribution < 1.29 is 14.2 Å². The van der Waals surface area contributed by atoms with Crippen molar-refractivity contribution in [1.29, 1.82) is 0 Å². The average molecular weight is 277 g/mol.